The summed E-state index contributed by atoms with van der Waals surface area (Å²) in [4.78, 5) is 39.0. The van der Waals surface area contributed by atoms with Crippen molar-refractivity contribution in [3.05, 3.63) is 92.3 Å². The lowest BCUT2D eigenvalue weighted by Crippen LogP contribution is -1.94. The summed E-state index contributed by atoms with van der Waals surface area (Å²) in [7, 11) is 0. The van der Waals surface area contributed by atoms with Gasteiger partial charge in [0.15, 0.2) is 6.29 Å². The number of benzene rings is 2. The average Bonchev–Trinajstić information content (AvgIpc) is 2.72. The minimum Gasteiger partial charge on any atom is -0.298 e. The van der Waals surface area contributed by atoms with Crippen molar-refractivity contribution in [3.8, 4) is 0 Å². The Morgan fingerprint density at radius 3 is 1.86 bits per heavy atom. The molecule has 4 aromatic rings. The van der Waals surface area contributed by atoms with E-state index in [0.717, 1.165) is 5.39 Å². The Bertz CT molecular complexity index is 1260. The maximum absolute atomic E-state index is 10.7. The second-order valence-electron chi connectivity index (χ2n) is 6.07. The predicted molar refractivity (Wildman–Crippen MR) is 107 cm³/mol. The lowest BCUT2D eigenvalue weighted by molar-refractivity contribution is -0.385. The number of nitrogens with zero attached hydrogens (tertiary/aromatic N) is 4. The number of aldehydes is 1. The van der Waals surface area contributed by atoms with E-state index in [1.54, 1.807) is 37.5 Å². The van der Waals surface area contributed by atoms with Gasteiger partial charge in [0, 0.05) is 40.9 Å². The average molecular weight is 390 g/mol. The van der Waals surface area contributed by atoms with Gasteiger partial charge in [0.2, 0.25) is 0 Å². The molecule has 0 unspecified atom stereocenters. The topological polar surface area (TPSA) is 129 Å². The van der Waals surface area contributed by atoms with Gasteiger partial charge in [0.1, 0.15) is 0 Å². The highest BCUT2D eigenvalue weighted by Crippen LogP contribution is 2.24. The van der Waals surface area contributed by atoms with Gasteiger partial charge in [-0.25, -0.2) is 0 Å². The monoisotopic (exact) mass is 390 g/mol. The quantitative estimate of drug-likeness (QED) is 0.288. The highest BCUT2D eigenvalue weighted by atomic mass is 16.6. The molecule has 0 fully saturated rings. The van der Waals surface area contributed by atoms with Crippen molar-refractivity contribution < 1.29 is 14.6 Å². The van der Waals surface area contributed by atoms with Crippen molar-refractivity contribution >= 4 is 39.5 Å². The zero-order valence-corrected chi connectivity index (χ0v) is 15.2. The molecule has 0 aliphatic carbocycles. The molecular weight excluding hydrogens is 376 g/mol. The van der Waals surface area contributed by atoms with Crippen LogP contribution in [0.1, 0.15) is 15.9 Å². The molecule has 2 aromatic carbocycles. The number of carbonyl (C=O) groups is 1. The standard InChI is InChI=1S/C10H6N2O3.C10H8N2O2/c13-6-8-4-7-2-1-3-11-9(7)5-10(8)12(14)15;1-7-5-8-3-2-4-11-9(8)6-10(7)12(13)14/h1-6H;2-6H,1H3. The molecular formula is C20H14N4O5. The van der Waals surface area contributed by atoms with Gasteiger partial charge in [-0.3, -0.25) is 35.0 Å². The van der Waals surface area contributed by atoms with E-state index in [2.05, 4.69) is 9.97 Å². The van der Waals surface area contributed by atoms with Crippen LogP contribution in [0.3, 0.4) is 0 Å². The van der Waals surface area contributed by atoms with Gasteiger partial charge in [-0.05, 0) is 31.2 Å². The number of fused-ring (bicyclic) bond motifs is 2. The van der Waals surface area contributed by atoms with Gasteiger partial charge in [-0.2, -0.15) is 0 Å². The normalized spacial score (nSPS) is 10.2. The molecule has 4 rings (SSSR count). The van der Waals surface area contributed by atoms with E-state index in [1.807, 2.05) is 12.1 Å². The molecule has 29 heavy (non-hydrogen) atoms. The Kier molecular flexibility index (Phi) is 5.49. The lowest BCUT2D eigenvalue weighted by atomic mass is 10.1. The molecule has 0 radical (unpaired) electrons. The van der Waals surface area contributed by atoms with Crippen LogP contribution in [-0.2, 0) is 0 Å². The Balaban J connectivity index is 0.000000166. The minimum absolute atomic E-state index is 0.0699. The van der Waals surface area contributed by atoms with Crippen molar-refractivity contribution in [2.45, 2.75) is 6.92 Å². The zero-order valence-electron chi connectivity index (χ0n) is 15.2. The molecule has 0 aliphatic rings. The third-order valence-electron chi connectivity index (χ3n) is 4.19. The summed E-state index contributed by atoms with van der Waals surface area (Å²) in [5.74, 6) is 0. The number of rotatable bonds is 3. The number of pyridine rings is 2. The fourth-order valence-corrected chi connectivity index (χ4v) is 2.80. The van der Waals surface area contributed by atoms with Crippen molar-refractivity contribution in [1.29, 1.82) is 0 Å². The van der Waals surface area contributed by atoms with Gasteiger partial charge in [-0.15, -0.1) is 0 Å². The second kappa shape index (κ2) is 8.17. The highest BCUT2D eigenvalue weighted by Gasteiger charge is 2.14. The van der Waals surface area contributed by atoms with Crippen molar-refractivity contribution in [3.63, 3.8) is 0 Å². The van der Waals surface area contributed by atoms with Crippen LogP contribution in [0.5, 0.6) is 0 Å². The molecule has 0 saturated heterocycles. The molecule has 9 nitrogen and oxygen atoms in total. The largest absolute Gasteiger partial charge is 0.298 e. The van der Waals surface area contributed by atoms with E-state index in [1.165, 1.54) is 18.2 Å². The third kappa shape index (κ3) is 4.19. The second-order valence-corrected chi connectivity index (χ2v) is 6.07. The number of carbonyl (C=O) groups excluding carboxylic acids is 1. The zero-order chi connectivity index (χ0) is 21.0. The van der Waals surface area contributed by atoms with Crippen LogP contribution in [-0.4, -0.2) is 26.1 Å². The number of aryl methyl sites for hydroxylation is 1. The fraction of sp³-hybridized carbons (Fsp3) is 0.0500. The molecule has 9 heteroatoms. The van der Waals surface area contributed by atoms with Crippen molar-refractivity contribution in [2.75, 3.05) is 0 Å². The summed E-state index contributed by atoms with van der Waals surface area (Å²) >= 11 is 0. The Labute approximate surface area is 163 Å². The SMILES string of the molecule is Cc1cc2cccnc2cc1[N+](=O)[O-].O=Cc1cc2cccnc2cc1[N+](=O)[O-]. The molecule has 2 aromatic heterocycles. The first-order valence-corrected chi connectivity index (χ1v) is 8.39. The van der Waals surface area contributed by atoms with Crippen molar-refractivity contribution in [1.82, 2.24) is 9.97 Å². The molecule has 0 saturated carbocycles. The number of hydrogen-bond acceptors (Lipinski definition) is 7. The van der Waals surface area contributed by atoms with Crippen LogP contribution in [0.25, 0.3) is 21.8 Å². The minimum atomic E-state index is -0.585. The molecule has 0 atom stereocenters. The lowest BCUT2D eigenvalue weighted by Gasteiger charge is -1.99. The Morgan fingerprint density at radius 1 is 0.828 bits per heavy atom. The maximum atomic E-state index is 10.7. The third-order valence-corrected chi connectivity index (χ3v) is 4.19. The number of hydrogen-bond donors (Lipinski definition) is 0. The Morgan fingerprint density at radius 2 is 1.34 bits per heavy atom. The first kappa shape index (κ1) is 19.5. The summed E-state index contributed by atoms with van der Waals surface area (Å²) in [6, 6.07) is 13.2. The van der Waals surface area contributed by atoms with Crippen LogP contribution in [0.15, 0.2) is 60.9 Å². The van der Waals surface area contributed by atoms with Crippen LogP contribution in [0.4, 0.5) is 11.4 Å². The van der Waals surface area contributed by atoms with E-state index >= 15 is 0 Å². The first-order chi connectivity index (χ1) is 13.9. The number of nitro benzene ring substituents is 2. The van der Waals surface area contributed by atoms with E-state index < -0.39 is 4.92 Å². The van der Waals surface area contributed by atoms with Gasteiger partial charge >= 0.3 is 0 Å². The molecule has 144 valence electrons. The van der Waals surface area contributed by atoms with Crippen LogP contribution < -0.4 is 0 Å². The van der Waals surface area contributed by atoms with Crippen LogP contribution in [0.2, 0.25) is 0 Å². The fourth-order valence-electron chi connectivity index (χ4n) is 2.80. The van der Waals surface area contributed by atoms with Gasteiger partial charge < -0.3 is 0 Å². The van der Waals surface area contributed by atoms with Crippen LogP contribution in [0, 0.1) is 27.2 Å². The van der Waals surface area contributed by atoms with Crippen molar-refractivity contribution in [2.24, 2.45) is 0 Å². The number of aromatic nitrogens is 2. The molecule has 2 heterocycles. The van der Waals surface area contributed by atoms with Gasteiger partial charge in [-0.1, -0.05) is 12.1 Å². The molecule has 0 N–H and O–H groups in total. The highest BCUT2D eigenvalue weighted by molar-refractivity contribution is 5.91. The summed E-state index contributed by atoms with van der Waals surface area (Å²) < 4.78 is 0. The Hall–Kier alpha value is -4.27. The summed E-state index contributed by atoms with van der Waals surface area (Å²) in [5.41, 5.74) is 1.81. The van der Waals surface area contributed by atoms with E-state index in [-0.39, 0.29) is 21.9 Å². The molecule has 0 amide bonds. The number of nitro groups is 2. The van der Waals surface area contributed by atoms with Gasteiger partial charge in [0.25, 0.3) is 11.4 Å². The maximum Gasteiger partial charge on any atom is 0.282 e. The predicted octanol–water partition coefficient (Wildman–Crippen LogP) is 4.41. The van der Waals surface area contributed by atoms with Gasteiger partial charge in [0.05, 0.1) is 26.4 Å². The van der Waals surface area contributed by atoms with E-state index in [0.29, 0.717) is 28.3 Å². The van der Waals surface area contributed by atoms with E-state index in [4.69, 9.17) is 0 Å². The molecule has 0 bridgehead atoms. The smallest absolute Gasteiger partial charge is 0.282 e. The summed E-state index contributed by atoms with van der Waals surface area (Å²) in [5, 5.41) is 22.9. The molecule has 0 spiro atoms. The first-order valence-electron chi connectivity index (χ1n) is 8.39. The van der Waals surface area contributed by atoms with Crippen LogP contribution >= 0.6 is 0 Å². The molecule has 0 aliphatic heterocycles. The van der Waals surface area contributed by atoms with E-state index in [9.17, 15) is 25.0 Å². The summed E-state index contributed by atoms with van der Waals surface area (Å²) in [6.07, 6.45) is 3.65. The summed E-state index contributed by atoms with van der Waals surface area (Å²) in [6.45, 7) is 1.73.